The summed E-state index contributed by atoms with van der Waals surface area (Å²) < 4.78 is 11.3. The number of rotatable bonds is 6. The summed E-state index contributed by atoms with van der Waals surface area (Å²) in [4.78, 5) is 26.7. The third kappa shape index (κ3) is 4.05. The van der Waals surface area contributed by atoms with Gasteiger partial charge in [0.2, 0.25) is 0 Å². The summed E-state index contributed by atoms with van der Waals surface area (Å²) in [6.07, 6.45) is 3.21. The van der Waals surface area contributed by atoms with Crippen LogP contribution in [-0.2, 0) is 22.4 Å². The summed E-state index contributed by atoms with van der Waals surface area (Å²) in [6, 6.07) is 13.7. The Hall–Kier alpha value is -2.86. The highest BCUT2D eigenvalue weighted by Gasteiger charge is 2.28. The van der Waals surface area contributed by atoms with Gasteiger partial charge in [-0.3, -0.25) is 4.79 Å². The van der Waals surface area contributed by atoms with E-state index in [2.05, 4.69) is 5.32 Å². The van der Waals surface area contributed by atoms with E-state index in [1.54, 1.807) is 13.8 Å². The minimum Gasteiger partial charge on any atom is -0.480 e. The van der Waals surface area contributed by atoms with Gasteiger partial charge in [0.05, 0.1) is 12.2 Å². The van der Waals surface area contributed by atoms with E-state index in [1.807, 2.05) is 42.5 Å². The predicted molar refractivity (Wildman–Crippen MR) is 120 cm³/mol. The lowest BCUT2D eigenvalue weighted by atomic mass is 9.95. The average Bonchev–Trinajstić information content (AvgIpc) is 3.12. The highest BCUT2D eigenvalue weighted by Crippen LogP contribution is 2.38. The maximum absolute atomic E-state index is 12.9. The molecule has 1 heterocycles. The molecule has 0 saturated heterocycles. The number of carbonyl (C=O) groups excluding carboxylic acids is 2. The fraction of sp³-hybridized carbons (Fsp3) is 0.333. The molecule has 5 nitrogen and oxygen atoms in total. The maximum atomic E-state index is 12.9. The molecule has 0 fully saturated rings. The Bertz CT molecular complexity index is 1080. The first-order valence-electron chi connectivity index (χ1n) is 10.4. The number of ether oxygens (including phenoxy) is 2. The number of aryl methyl sites for hydroxylation is 1. The molecule has 2 aromatic carbocycles. The van der Waals surface area contributed by atoms with E-state index in [0.29, 0.717) is 22.9 Å². The molecular weight excluding hydrogens is 398 g/mol. The van der Waals surface area contributed by atoms with Gasteiger partial charge < -0.3 is 14.8 Å². The number of carbonyl (C=O) groups is 2. The van der Waals surface area contributed by atoms with Gasteiger partial charge in [-0.25, -0.2) is 4.79 Å². The van der Waals surface area contributed by atoms with Gasteiger partial charge in [0, 0.05) is 10.3 Å². The van der Waals surface area contributed by atoms with Crippen LogP contribution in [0.15, 0.2) is 42.5 Å². The van der Waals surface area contributed by atoms with E-state index in [-0.39, 0.29) is 11.9 Å². The Kier molecular flexibility index (Phi) is 6.04. The lowest BCUT2D eigenvalue weighted by Gasteiger charge is -2.16. The molecule has 3 aromatic rings. The zero-order chi connectivity index (χ0) is 21.1. The quantitative estimate of drug-likeness (QED) is 0.542. The lowest BCUT2D eigenvalue weighted by molar-refractivity contribution is -0.121. The molecular formula is C24H25NO4S. The summed E-state index contributed by atoms with van der Waals surface area (Å²) in [7, 11) is 0. The number of fused-ring (bicyclic) bond motifs is 2. The fourth-order valence-corrected chi connectivity index (χ4v) is 5.11. The zero-order valence-electron chi connectivity index (χ0n) is 17.2. The second-order valence-electron chi connectivity index (χ2n) is 7.36. The van der Waals surface area contributed by atoms with Crippen molar-refractivity contribution in [1.82, 2.24) is 0 Å². The molecule has 4 rings (SSSR count). The largest absolute Gasteiger partial charge is 0.480 e. The first-order chi connectivity index (χ1) is 14.6. The van der Waals surface area contributed by atoms with E-state index in [9.17, 15) is 9.59 Å². The topological polar surface area (TPSA) is 64.6 Å². The summed E-state index contributed by atoms with van der Waals surface area (Å²) in [5.74, 6) is 0.00810. The molecule has 0 bridgehead atoms. The average molecular weight is 424 g/mol. The Balaban J connectivity index is 1.56. The number of benzene rings is 2. The molecule has 1 N–H and O–H groups in total. The van der Waals surface area contributed by atoms with Crippen LogP contribution < -0.4 is 10.1 Å². The monoisotopic (exact) mass is 423 g/mol. The summed E-state index contributed by atoms with van der Waals surface area (Å²) >= 11 is 1.48. The van der Waals surface area contributed by atoms with Crippen molar-refractivity contribution in [3.05, 3.63) is 58.5 Å². The third-order valence-electron chi connectivity index (χ3n) is 5.31. The zero-order valence-corrected chi connectivity index (χ0v) is 18.0. The first kappa shape index (κ1) is 20.4. The minimum absolute atomic E-state index is 0.285. The number of hydrogen-bond acceptors (Lipinski definition) is 5. The smallest absolute Gasteiger partial charge is 0.341 e. The molecule has 156 valence electrons. The van der Waals surface area contributed by atoms with Crippen molar-refractivity contribution in [2.45, 2.75) is 45.6 Å². The molecule has 0 saturated carbocycles. The summed E-state index contributed by atoms with van der Waals surface area (Å²) in [6.45, 7) is 3.81. The van der Waals surface area contributed by atoms with E-state index >= 15 is 0 Å². The highest BCUT2D eigenvalue weighted by molar-refractivity contribution is 7.17. The number of anilines is 1. The number of esters is 1. The van der Waals surface area contributed by atoms with Crippen molar-refractivity contribution in [2.75, 3.05) is 11.9 Å². The van der Waals surface area contributed by atoms with Crippen molar-refractivity contribution >= 4 is 39.0 Å². The predicted octanol–water partition coefficient (Wildman–Crippen LogP) is 5.36. The molecule has 1 atom stereocenters. The highest BCUT2D eigenvalue weighted by atomic mass is 32.1. The van der Waals surface area contributed by atoms with Crippen molar-refractivity contribution in [2.24, 2.45) is 0 Å². The van der Waals surface area contributed by atoms with Gasteiger partial charge in [0.15, 0.2) is 6.10 Å². The van der Waals surface area contributed by atoms with E-state index in [0.717, 1.165) is 42.0 Å². The lowest BCUT2D eigenvalue weighted by Crippen LogP contribution is -2.30. The van der Waals surface area contributed by atoms with Gasteiger partial charge in [0.1, 0.15) is 10.8 Å². The van der Waals surface area contributed by atoms with Crippen LogP contribution in [0.5, 0.6) is 5.75 Å². The van der Waals surface area contributed by atoms with E-state index in [1.165, 1.54) is 16.2 Å². The number of nitrogens with one attached hydrogen (secondary N) is 1. The number of thiophene rings is 1. The Morgan fingerprint density at radius 2 is 1.87 bits per heavy atom. The van der Waals surface area contributed by atoms with Gasteiger partial charge in [-0.05, 0) is 56.5 Å². The van der Waals surface area contributed by atoms with Crippen LogP contribution in [0.1, 0.15) is 47.5 Å². The normalized spacial score (nSPS) is 14.1. The third-order valence-corrected chi connectivity index (χ3v) is 6.52. The van der Waals surface area contributed by atoms with Crippen molar-refractivity contribution < 1.29 is 19.1 Å². The molecule has 1 unspecified atom stereocenters. The molecule has 0 aliphatic heterocycles. The van der Waals surface area contributed by atoms with Crippen LogP contribution in [-0.4, -0.2) is 24.6 Å². The molecule has 1 aromatic heterocycles. The van der Waals surface area contributed by atoms with Gasteiger partial charge >= 0.3 is 5.97 Å². The number of hydrogen-bond donors (Lipinski definition) is 1. The van der Waals surface area contributed by atoms with Gasteiger partial charge in [-0.15, -0.1) is 11.3 Å². The van der Waals surface area contributed by atoms with Gasteiger partial charge in [-0.1, -0.05) is 36.4 Å². The summed E-state index contributed by atoms with van der Waals surface area (Å²) in [5.41, 5.74) is 1.55. The Labute approximate surface area is 180 Å². The fourth-order valence-electron chi connectivity index (χ4n) is 3.83. The second-order valence-corrected chi connectivity index (χ2v) is 8.47. The summed E-state index contributed by atoms with van der Waals surface area (Å²) in [5, 5.41) is 5.51. The van der Waals surface area contributed by atoms with E-state index < -0.39 is 6.10 Å². The number of amides is 1. The van der Waals surface area contributed by atoms with Gasteiger partial charge in [-0.2, -0.15) is 0 Å². The molecule has 1 aliphatic carbocycles. The van der Waals surface area contributed by atoms with Crippen molar-refractivity contribution in [1.29, 1.82) is 0 Å². The molecule has 0 spiro atoms. The Morgan fingerprint density at radius 1 is 1.10 bits per heavy atom. The molecule has 1 aliphatic rings. The SMILES string of the molecule is CCOC(=O)c1c(NC(=O)C(C)Oc2cccc3ccccc23)sc2c1CCCC2. The van der Waals surface area contributed by atoms with Crippen LogP contribution >= 0.6 is 11.3 Å². The molecule has 1 amide bonds. The van der Waals surface area contributed by atoms with Crippen LogP contribution in [0.2, 0.25) is 0 Å². The van der Waals surface area contributed by atoms with Crippen LogP contribution in [0.4, 0.5) is 5.00 Å². The second kappa shape index (κ2) is 8.88. The standard InChI is InChI=1S/C24H25NO4S/c1-3-28-24(27)21-18-12-6-7-14-20(18)30-23(21)25-22(26)15(2)29-19-13-8-10-16-9-4-5-11-17(16)19/h4-5,8-11,13,15H,3,6-7,12,14H2,1-2H3,(H,25,26). The van der Waals surface area contributed by atoms with Crippen LogP contribution in [0.3, 0.4) is 0 Å². The van der Waals surface area contributed by atoms with E-state index in [4.69, 9.17) is 9.47 Å². The Morgan fingerprint density at radius 3 is 2.70 bits per heavy atom. The molecule has 0 radical (unpaired) electrons. The van der Waals surface area contributed by atoms with Crippen molar-refractivity contribution in [3.8, 4) is 5.75 Å². The van der Waals surface area contributed by atoms with Crippen LogP contribution in [0.25, 0.3) is 10.8 Å². The maximum Gasteiger partial charge on any atom is 0.341 e. The minimum atomic E-state index is -0.718. The van der Waals surface area contributed by atoms with Gasteiger partial charge in [0.25, 0.3) is 5.91 Å². The molecule has 30 heavy (non-hydrogen) atoms. The van der Waals surface area contributed by atoms with Crippen molar-refractivity contribution in [3.63, 3.8) is 0 Å². The van der Waals surface area contributed by atoms with Crippen LogP contribution in [0, 0.1) is 0 Å². The molecule has 6 heteroatoms. The first-order valence-corrected chi connectivity index (χ1v) is 11.2.